The maximum absolute atomic E-state index is 14.2. The minimum Gasteiger partial charge on any atom is -0.497 e. The fraction of sp³-hybridized carbons (Fsp3) is 0.367. The van der Waals surface area contributed by atoms with Gasteiger partial charge >= 0.3 is 5.97 Å². The third-order valence-corrected chi connectivity index (χ3v) is 8.58. The summed E-state index contributed by atoms with van der Waals surface area (Å²) in [6, 6.07) is 8.97. The van der Waals surface area contributed by atoms with Crippen LogP contribution in [0, 0.1) is 10.1 Å². The van der Waals surface area contributed by atoms with Crippen molar-refractivity contribution in [3.63, 3.8) is 0 Å². The lowest BCUT2D eigenvalue weighted by Gasteiger charge is -2.34. The Morgan fingerprint density at radius 3 is 2.53 bits per heavy atom. The second kappa shape index (κ2) is 12.4. The predicted octanol–water partition coefficient (Wildman–Crippen LogP) is 2.48. The van der Waals surface area contributed by atoms with E-state index in [-0.39, 0.29) is 17.9 Å². The quantitative estimate of drug-likeness (QED) is 0.216. The lowest BCUT2D eigenvalue weighted by Crippen LogP contribution is -2.44. The highest BCUT2D eigenvalue weighted by atomic mass is 32.1. The van der Waals surface area contributed by atoms with E-state index in [1.807, 2.05) is 0 Å². The van der Waals surface area contributed by atoms with E-state index in [1.54, 1.807) is 44.2 Å². The fourth-order valence-electron chi connectivity index (χ4n) is 5.39. The van der Waals surface area contributed by atoms with Crippen LogP contribution >= 0.6 is 11.3 Å². The molecule has 1 unspecified atom stereocenters. The number of ether oxygens (including phenoxy) is 3. The molecule has 1 saturated heterocycles. The van der Waals surface area contributed by atoms with Gasteiger partial charge in [0.25, 0.3) is 11.2 Å². The third-order valence-electron chi connectivity index (χ3n) is 7.60. The molecule has 1 aromatic heterocycles. The van der Waals surface area contributed by atoms with Gasteiger partial charge in [0.2, 0.25) is 0 Å². The van der Waals surface area contributed by atoms with E-state index < -0.39 is 22.5 Å². The molecule has 0 amide bonds. The number of allylic oxidation sites excluding steroid dienone is 1. The standard InChI is InChI=1S/C30H33N5O7S/c1-6-42-29(37)26-18(2)31-30-34(27(26)22-17-21(40-4)8-10-24(22)41-5)28(36)25(43-30)16-19-15-20(35(38)39)7-9-23(19)33-13-11-32(3)12-14-33/h7-10,15-17,27H,6,11-14H2,1-5H3/b25-16-. The number of aromatic nitrogens is 1. The van der Waals surface area contributed by atoms with E-state index >= 15 is 0 Å². The van der Waals surface area contributed by atoms with Gasteiger partial charge in [0.05, 0.1) is 41.6 Å². The molecule has 3 heterocycles. The van der Waals surface area contributed by atoms with Crippen molar-refractivity contribution in [2.45, 2.75) is 19.9 Å². The van der Waals surface area contributed by atoms with Gasteiger partial charge in [-0.3, -0.25) is 19.5 Å². The van der Waals surface area contributed by atoms with Crippen molar-refractivity contribution < 1.29 is 23.9 Å². The Labute approximate surface area is 251 Å². The summed E-state index contributed by atoms with van der Waals surface area (Å²) in [7, 11) is 5.09. The molecule has 0 N–H and O–H groups in total. The van der Waals surface area contributed by atoms with Crippen molar-refractivity contribution in [1.82, 2.24) is 9.47 Å². The number of hydrogen-bond acceptors (Lipinski definition) is 11. The lowest BCUT2D eigenvalue weighted by atomic mass is 9.94. The van der Waals surface area contributed by atoms with Crippen LogP contribution in [0.2, 0.25) is 0 Å². The van der Waals surface area contributed by atoms with Gasteiger partial charge in [0.1, 0.15) is 17.5 Å². The summed E-state index contributed by atoms with van der Waals surface area (Å²) in [5.41, 5.74) is 2.04. The molecule has 0 bridgehead atoms. The number of rotatable bonds is 8. The molecular formula is C30H33N5O7S. The van der Waals surface area contributed by atoms with Crippen LogP contribution in [0.5, 0.6) is 11.5 Å². The van der Waals surface area contributed by atoms with Crippen LogP contribution in [0.4, 0.5) is 11.4 Å². The van der Waals surface area contributed by atoms with Gasteiger partial charge in [0, 0.05) is 55.1 Å². The summed E-state index contributed by atoms with van der Waals surface area (Å²) in [5, 5.41) is 11.7. The van der Waals surface area contributed by atoms with Crippen LogP contribution in [-0.4, -0.2) is 74.4 Å². The van der Waals surface area contributed by atoms with Gasteiger partial charge in [-0.2, -0.15) is 0 Å². The smallest absolute Gasteiger partial charge is 0.338 e. The Balaban J connectivity index is 1.74. The number of hydrogen-bond donors (Lipinski definition) is 0. The van der Waals surface area contributed by atoms with Gasteiger partial charge in [0.15, 0.2) is 4.80 Å². The van der Waals surface area contributed by atoms with E-state index in [4.69, 9.17) is 14.2 Å². The first-order valence-electron chi connectivity index (χ1n) is 13.8. The van der Waals surface area contributed by atoms with E-state index in [0.29, 0.717) is 37.7 Å². The summed E-state index contributed by atoms with van der Waals surface area (Å²) >= 11 is 1.15. The summed E-state index contributed by atoms with van der Waals surface area (Å²) < 4.78 is 18.3. The molecule has 12 nitrogen and oxygen atoms in total. The highest BCUT2D eigenvalue weighted by molar-refractivity contribution is 7.07. The summed E-state index contributed by atoms with van der Waals surface area (Å²) in [6.07, 6.45) is 1.67. The Bertz CT molecular complexity index is 1790. The molecule has 1 fully saturated rings. The van der Waals surface area contributed by atoms with Crippen molar-refractivity contribution in [1.29, 1.82) is 0 Å². The molecule has 43 heavy (non-hydrogen) atoms. The van der Waals surface area contributed by atoms with E-state index in [0.717, 1.165) is 43.2 Å². The zero-order valence-corrected chi connectivity index (χ0v) is 25.5. The van der Waals surface area contributed by atoms with Crippen molar-refractivity contribution in [3.8, 4) is 11.5 Å². The molecule has 0 aliphatic carbocycles. The number of nitrogens with zero attached hydrogens (tertiary/aromatic N) is 5. The molecule has 226 valence electrons. The molecule has 0 saturated carbocycles. The molecule has 5 rings (SSSR count). The van der Waals surface area contributed by atoms with E-state index in [1.165, 1.54) is 30.9 Å². The van der Waals surface area contributed by atoms with Crippen LogP contribution in [0.15, 0.2) is 57.5 Å². The Morgan fingerprint density at radius 1 is 1.14 bits per heavy atom. The minimum atomic E-state index is -0.912. The zero-order valence-electron chi connectivity index (χ0n) is 24.7. The number of nitro benzene ring substituents is 1. The number of carbonyl (C=O) groups is 1. The summed E-state index contributed by atoms with van der Waals surface area (Å²) in [6.45, 7) is 6.73. The summed E-state index contributed by atoms with van der Waals surface area (Å²) in [5.74, 6) is 0.376. The van der Waals surface area contributed by atoms with Gasteiger partial charge in [-0.25, -0.2) is 9.79 Å². The molecule has 0 spiro atoms. The average Bonchev–Trinajstić information content (AvgIpc) is 3.30. The minimum absolute atomic E-state index is 0.0728. The number of esters is 1. The molecular weight excluding hydrogens is 574 g/mol. The molecule has 2 aliphatic heterocycles. The van der Waals surface area contributed by atoms with E-state index in [2.05, 4.69) is 21.8 Å². The molecule has 3 aromatic rings. The van der Waals surface area contributed by atoms with Crippen LogP contribution in [0.3, 0.4) is 0 Å². The van der Waals surface area contributed by atoms with Crippen LogP contribution in [0.1, 0.15) is 31.0 Å². The molecule has 2 aromatic carbocycles. The lowest BCUT2D eigenvalue weighted by molar-refractivity contribution is -0.384. The number of likely N-dealkylation sites (N-methyl/N-ethyl adjacent to an activating group) is 1. The zero-order chi connectivity index (χ0) is 30.8. The number of non-ortho nitro benzene ring substituents is 1. The molecule has 13 heteroatoms. The van der Waals surface area contributed by atoms with Gasteiger partial charge in [-0.15, -0.1) is 0 Å². The van der Waals surface area contributed by atoms with Crippen molar-refractivity contribution >= 4 is 34.8 Å². The summed E-state index contributed by atoms with van der Waals surface area (Å²) in [4.78, 5) is 48.2. The number of carbonyl (C=O) groups excluding carboxylic acids is 1. The maximum atomic E-state index is 14.2. The molecule has 1 atom stereocenters. The van der Waals surface area contributed by atoms with Crippen molar-refractivity contribution in [2.75, 3.05) is 59.0 Å². The first kappa shape index (κ1) is 30.0. The van der Waals surface area contributed by atoms with Crippen LogP contribution < -0.4 is 29.3 Å². The fourth-order valence-corrected chi connectivity index (χ4v) is 6.42. The number of nitro groups is 1. The number of fused-ring (bicyclic) bond motifs is 1. The number of piperazine rings is 1. The normalized spacial score (nSPS) is 17.4. The monoisotopic (exact) mass is 607 g/mol. The Morgan fingerprint density at radius 2 is 1.88 bits per heavy atom. The van der Waals surface area contributed by atoms with Crippen molar-refractivity contribution in [2.24, 2.45) is 4.99 Å². The van der Waals surface area contributed by atoms with Crippen LogP contribution in [0.25, 0.3) is 6.08 Å². The van der Waals surface area contributed by atoms with Gasteiger partial charge < -0.3 is 24.0 Å². The van der Waals surface area contributed by atoms with E-state index in [9.17, 15) is 19.7 Å². The predicted molar refractivity (Wildman–Crippen MR) is 163 cm³/mol. The van der Waals surface area contributed by atoms with Gasteiger partial charge in [-0.1, -0.05) is 11.3 Å². The van der Waals surface area contributed by atoms with Crippen molar-refractivity contribution in [3.05, 3.63) is 88.6 Å². The highest BCUT2D eigenvalue weighted by Gasteiger charge is 2.35. The molecule has 0 radical (unpaired) electrons. The number of benzene rings is 2. The SMILES string of the molecule is CCOC(=O)C1=C(C)N=c2s/c(=C\c3cc([N+](=O)[O-])ccc3N3CCN(C)CC3)c(=O)n2C1c1cc(OC)ccc1OC. The first-order valence-corrected chi connectivity index (χ1v) is 14.6. The topological polar surface area (TPSA) is 129 Å². The Kier molecular flexibility index (Phi) is 8.64. The molecule has 2 aliphatic rings. The number of anilines is 1. The van der Waals surface area contributed by atoms with Gasteiger partial charge in [-0.05, 0) is 51.2 Å². The largest absolute Gasteiger partial charge is 0.497 e. The average molecular weight is 608 g/mol. The first-order chi connectivity index (χ1) is 20.7. The second-order valence-electron chi connectivity index (χ2n) is 10.2. The Hall–Kier alpha value is -4.49. The third kappa shape index (κ3) is 5.77. The number of thiazole rings is 1. The van der Waals surface area contributed by atoms with Crippen LogP contribution in [-0.2, 0) is 9.53 Å². The highest BCUT2D eigenvalue weighted by Crippen LogP contribution is 2.38. The second-order valence-corrected chi connectivity index (χ2v) is 11.2. The number of methoxy groups -OCH3 is 2. The maximum Gasteiger partial charge on any atom is 0.338 e.